The maximum Gasteiger partial charge on any atom is 0.417 e. The molecule has 0 aliphatic rings. The normalized spacial score (nSPS) is 12.0. The van der Waals surface area contributed by atoms with E-state index < -0.39 is 45.7 Å². The van der Waals surface area contributed by atoms with Gasteiger partial charge >= 0.3 is 6.18 Å². The molecule has 2 aromatic carbocycles. The van der Waals surface area contributed by atoms with Crippen LogP contribution in [-0.4, -0.2) is 0 Å². The molecule has 0 fully saturated rings. The van der Waals surface area contributed by atoms with Crippen LogP contribution in [0.25, 0.3) is 11.1 Å². The Morgan fingerprint density at radius 3 is 2.14 bits per heavy atom. The van der Waals surface area contributed by atoms with Crippen molar-refractivity contribution >= 4 is 11.6 Å². The molecule has 7 heteroatoms. The largest absolute Gasteiger partial charge is 0.417 e. The first-order valence-electron chi connectivity index (χ1n) is 5.65. The van der Waals surface area contributed by atoms with Crippen LogP contribution in [-0.2, 0) is 6.18 Å². The highest BCUT2D eigenvalue weighted by Crippen LogP contribution is 2.40. The zero-order valence-corrected chi connectivity index (χ0v) is 10.9. The Bertz CT molecular complexity index is 663. The highest BCUT2D eigenvalue weighted by molar-refractivity contribution is 6.31. The van der Waals surface area contributed by atoms with Crippen LogP contribution in [0.15, 0.2) is 36.4 Å². The molecule has 21 heavy (non-hydrogen) atoms. The molecule has 0 saturated carbocycles. The Balaban J connectivity index is 2.67. The third-order valence-corrected chi connectivity index (χ3v) is 3.17. The lowest BCUT2D eigenvalue weighted by Crippen LogP contribution is -2.07. The summed E-state index contributed by atoms with van der Waals surface area (Å²) in [4.78, 5) is 0. The fourth-order valence-electron chi connectivity index (χ4n) is 1.90. The molecule has 2 rings (SSSR count). The zero-order valence-electron chi connectivity index (χ0n) is 10.2. The van der Waals surface area contributed by atoms with Crippen molar-refractivity contribution in [1.82, 2.24) is 0 Å². The molecule has 0 atom stereocenters. The van der Waals surface area contributed by atoms with E-state index in [1.165, 1.54) is 6.07 Å². The average molecular weight is 325 g/mol. The van der Waals surface area contributed by atoms with Gasteiger partial charge in [-0.05, 0) is 23.8 Å². The van der Waals surface area contributed by atoms with Crippen LogP contribution in [0.2, 0.25) is 5.02 Å². The van der Waals surface area contributed by atoms with E-state index in [-0.39, 0.29) is 0 Å². The first-order valence-corrected chi connectivity index (χ1v) is 6.03. The number of benzene rings is 2. The predicted molar refractivity (Wildman–Crippen MR) is 66.8 cm³/mol. The molecular weight excluding hydrogens is 318 g/mol. The lowest BCUT2D eigenvalue weighted by Gasteiger charge is -2.14. The summed E-state index contributed by atoms with van der Waals surface area (Å²) < 4.78 is 77.7. The third kappa shape index (κ3) is 3.15. The quantitative estimate of drug-likeness (QED) is 0.585. The van der Waals surface area contributed by atoms with Crippen molar-refractivity contribution in [2.75, 3.05) is 0 Å². The molecule has 0 aliphatic heterocycles. The molecule has 0 spiro atoms. The van der Waals surface area contributed by atoms with E-state index in [4.69, 9.17) is 11.6 Å². The van der Waals surface area contributed by atoms with Crippen LogP contribution < -0.4 is 0 Å². The summed E-state index contributed by atoms with van der Waals surface area (Å²) in [6.45, 7) is 0. The molecule has 0 radical (unpaired) electrons. The van der Waals surface area contributed by atoms with Crippen molar-refractivity contribution in [1.29, 1.82) is 0 Å². The van der Waals surface area contributed by atoms with Crippen molar-refractivity contribution in [3.8, 4) is 11.1 Å². The van der Waals surface area contributed by atoms with Gasteiger partial charge in [-0.25, -0.2) is 13.2 Å². The summed E-state index contributed by atoms with van der Waals surface area (Å²) in [6, 6.07) is 5.51. The molecule has 0 aliphatic carbocycles. The molecule has 0 bridgehead atoms. The average Bonchev–Trinajstić information content (AvgIpc) is 2.39. The minimum absolute atomic E-state index is 0.454. The number of rotatable bonds is 2. The summed E-state index contributed by atoms with van der Waals surface area (Å²) in [6.07, 6.45) is -7.71. The van der Waals surface area contributed by atoms with Crippen LogP contribution in [0.1, 0.15) is 17.6 Å². The van der Waals surface area contributed by atoms with Crippen molar-refractivity contribution in [3.05, 3.63) is 58.4 Å². The van der Waals surface area contributed by atoms with Crippen molar-refractivity contribution in [2.45, 2.75) is 12.6 Å². The molecule has 0 heterocycles. The fourth-order valence-corrected chi connectivity index (χ4v) is 2.15. The second-order valence-corrected chi connectivity index (χ2v) is 4.60. The molecule has 0 aromatic heterocycles. The van der Waals surface area contributed by atoms with E-state index in [9.17, 15) is 26.3 Å². The first kappa shape index (κ1) is 15.7. The second-order valence-electron chi connectivity index (χ2n) is 4.20. The van der Waals surface area contributed by atoms with Crippen LogP contribution in [0.3, 0.4) is 0 Å². The smallest absolute Gasteiger partial charge is 0.206 e. The van der Waals surface area contributed by atoms with E-state index in [0.29, 0.717) is 6.07 Å². The van der Waals surface area contributed by atoms with Gasteiger partial charge in [0.1, 0.15) is 5.82 Å². The van der Waals surface area contributed by atoms with Gasteiger partial charge in [-0.3, -0.25) is 0 Å². The van der Waals surface area contributed by atoms with E-state index in [2.05, 4.69) is 0 Å². The van der Waals surface area contributed by atoms with Crippen molar-refractivity contribution in [2.24, 2.45) is 0 Å². The van der Waals surface area contributed by atoms with Gasteiger partial charge in [-0.15, -0.1) is 0 Å². The molecule has 0 N–H and O–H groups in total. The van der Waals surface area contributed by atoms with Gasteiger partial charge < -0.3 is 0 Å². The number of hydrogen-bond acceptors (Lipinski definition) is 0. The number of alkyl halides is 5. The van der Waals surface area contributed by atoms with Gasteiger partial charge in [0.15, 0.2) is 0 Å². The van der Waals surface area contributed by atoms with Gasteiger partial charge in [-0.1, -0.05) is 29.8 Å². The predicted octanol–water partition coefficient (Wildman–Crippen LogP) is 6.10. The fraction of sp³-hybridized carbons (Fsp3) is 0.143. The Hall–Kier alpha value is -1.69. The summed E-state index contributed by atoms with van der Waals surface area (Å²) in [5.74, 6) is -1.19. The van der Waals surface area contributed by atoms with Crippen LogP contribution in [0, 0.1) is 5.82 Å². The topological polar surface area (TPSA) is 0 Å². The Morgan fingerprint density at radius 1 is 0.952 bits per heavy atom. The van der Waals surface area contributed by atoms with Gasteiger partial charge in [0.2, 0.25) is 0 Å². The van der Waals surface area contributed by atoms with Crippen LogP contribution in [0.5, 0.6) is 0 Å². The van der Waals surface area contributed by atoms with Crippen molar-refractivity contribution in [3.63, 3.8) is 0 Å². The molecule has 0 saturated heterocycles. The monoisotopic (exact) mass is 324 g/mol. The van der Waals surface area contributed by atoms with Crippen LogP contribution in [0.4, 0.5) is 26.3 Å². The Kier molecular flexibility index (Phi) is 4.18. The standard InChI is InChI=1S/C14H7ClF6/c15-11-5-8(12(16)6-9(11)13(17)18)7-3-1-2-4-10(7)14(19,20)21/h1-6,13H. The first-order chi connectivity index (χ1) is 9.71. The maximum atomic E-state index is 13.9. The Morgan fingerprint density at radius 2 is 1.57 bits per heavy atom. The number of hydrogen-bond donors (Lipinski definition) is 0. The molecule has 0 unspecified atom stereocenters. The minimum Gasteiger partial charge on any atom is -0.206 e. The number of halogens is 7. The zero-order chi connectivity index (χ0) is 15.8. The summed E-state index contributed by atoms with van der Waals surface area (Å²) in [7, 11) is 0. The van der Waals surface area contributed by atoms with Gasteiger partial charge in [0.25, 0.3) is 6.43 Å². The van der Waals surface area contributed by atoms with Crippen LogP contribution >= 0.6 is 11.6 Å². The van der Waals surface area contributed by atoms with E-state index >= 15 is 0 Å². The molecule has 0 amide bonds. The minimum atomic E-state index is -4.70. The van der Waals surface area contributed by atoms with Gasteiger partial charge in [-0.2, -0.15) is 13.2 Å². The highest BCUT2D eigenvalue weighted by atomic mass is 35.5. The summed E-state index contributed by atoms with van der Waals surface area (Å²) in [5, 5.41) is -0.488. The summed E-state index contributed by atoms with van der Waals surface area (Å²) in [5.41, 5.74) is -2.75. The Labute approximate surface area is 121 Å². The van der Waals surface area contributed by atoms with Crippen molar-refractivity contribution < 1.29 is 26.3 Å². The van der Waals surface area contributed by atoms with E-state index in [0.717, 1.165) is 24.3 Å². The third-order valence-electron chi connectivity index (χ3n) is 2.84. The highest BCUT2D eigenvalue weighted by Gasteiger charge is 2.34. The van der Waals surface area contributed by atoms with Gasteiger partial charge in [0, 0.05) is 11.1 Å². The molecule has 112 valence electrons. The lowest BCUT2D eigenvalue weighted by molar-refractivity contribution is -0.137. The van der Waals surface area contributed by atoms with E-state index in [1.54, 1.807) is 0 Å². The molecular formula is C14H7ClF6. The molecule has 0 nitrogen and oxygen atoms in total. The summed E-state index contributed by atoms with van der Waals surface area (Å²) >= 11 is 5.58. The second kappa shape index (κ2) is 5.60. The van der Waals surface area contributed by atoms with Gasteiger partial charge in [0.05, 0.1) is 10.6 Å². The molecule has 2 aromatic rings. The SMILES string of the molecule is Fc1cc(C(F)F)c(Cl)cc1-c1ccccc1C(F)(F)F. The maximum absolute atomic E-state index is 13.9. The van der Waals surface area contributed by atoms with E-state index in [1.807, 2.05) is 0 Å². The lowest BCUT2D eigenvalue weighted by atomic mass is 9.97.